The van der Waals surface area contributed by atoms with Crippen LogP contribution in [0.4, 0.5) is 0 Å². The van der Waals surface area contributed by atoms with Gasteiger partial charge in [-0.3, -0.25) is 9.69 Å². The van der Waals surface area contributed by atoms with Crippen molar-refractivity contribution in [3.63, 3.8) is 0 Å². The van der Waals surface area contributed by atoms with Crippen LogP contribution in [0, 0.1) is 23.2 Å². The zero-order chi connectivity index (χ0) is 18.6. The summed E-state index contributed by atoms with van der Waals surface area (Å²) in [5.74, 6) is -0.0294. The molecule has 0 aromatic carbocycles. The zero-order valence-electron chi connectivity index (χ0n) is 16.5. The number of allylic oxidation sites excluding steroid dienone is 1. The first kappa shape index (κ1) is 18.5. The molecular weight excluding hydrogens is 330 g/mol. The van der Waals surface area contributed by atoms with Gasteiger partial charge in [0.15, 0.2) is 0 Å². The summed E-state index contributed by atoms with van der Waals surface area (Å²) in [6.07, 6.45) is 4.91. The molecule has 0 aromatic heterocycles. The van der Waals surface area contributed by atoms with Gasteiger partial charge in [0.25, 0.3) is 0 Å². The van der Waals surface area contributed by atoms with Crippen molar-refractivity contribution in [2.45, 2.75) is 71.4 Å². The van der Waals surface area contributed by atoms with Gasteiger partial charge >= 0.3 is 5.97 Å². The van der Waals surface area contributed by atoms with Crippen LogP contribution in [0.25, 0.3) is 0 Å². The van der Waals surface area contributed by atoms with Crippen molar-refractivity contribution >= 4 is 5.97 Å². The standard InChI is InChI=1S/C21H33NO4/c1-12-6-5-7-15-8-17-18(19(23)21(12,15)4)16(20(24)26-17)11-22-9-13(2)25-14(3)10-22/h7,12-14,16-19,23H,5-6,8-11H2,1-4H3/t12-,13-,14+,16-,17-,18-,19-,21-/m1/s1. The van der Waals surface area contributed by atoms with Crippen LogP contribution in [0.2, 0.25) is 0 Å². The van der Waals surface area contributed by atoms with Crippen molar-refractivity contribution in [1.82, 2.24) is 4.90 Å². The Morgan fingerprint density at radius 3 is 2.65 bits per heavy atom. The van der Waals surface area contributed by atoms with Crippen molar-refractivity contribution < 1.29 is 19.4 Å². The van der Waals surface area contributed by atoms with Crippen molar-refractivity contribution in [3.05, 3.63) is 11.6 Å². The summed E-state index contributed by atoms with van der Waals surface area (Å²) in [5.41, 5.74) is 1.07. The number of nitrogens with zero attached hydrogens (tertiary/aromatic N) is 1. The number of aliphatic hydroxyl groups excluding tert-OH is 1. The molecular formula is C21H33NO4. The Morgan fingerprint density at radius 1 is 1.27 bits per heavy atom. The van der Waals surface area contributed by atoms with Crippen LogP contribution >= 0.6 is 0 Å². The third kappa shape index (κ3) is 2.83. The van der Waals surface area contributed by atoms with Gasteiger partial charge in [0.05, 0.1) is 24.2 Å². The number of ether oxygens (including phenoxy) is 2. The Hall–Kier alpha value is -0.910. The Bertz CT molecular complexity index is 595. The Kier molecular flexibility index (Phi) is 4.69. The number of esters is 1. The van der Waals surface area contributed by atoms with Crippen LogP contribution in [0.3, 0.4) is 0 Å². The lowest BCUT2D eigenvalue weighted by Crippen LogP contribution is -2.55. The summed E-state index contributed by atoms with van der Waals surface area (Å²) in [6, 6.07) is 0. The topological polar surface area (TPSA) is 59.0 Å². The van der Waals surface area contributed by atoms with E-state index in [1.54, 1.807) is 0 Å². The van der Waals surface area contributed by atoms with Gasteiger partial charge in [-0.1, -0.05) is 25.5 Å². The smallest absolute Gasteiger partial charge is 0.311 e. The number of carbonyl (C=O) groups excluding carboxylic acids is 1. The van der Waals surface area contributed by atoms with Gasteiger partial charge in [0.1, 0.15) is 6.10 Å². The Labute approximate surface area is 156 Å². The van der Waals surface area contributed by atoms with Crippen molar-refractivity contribution in [1.29, 1.82) is 0 Å². The van der Waals surface area contributed by atoms with Gasteiger partial charge in [-0.2, -0.15) is 0 Å². The van der Waals surface area contributed by atoms with Crippen LogP contribution in [0.5, 0.6) is 0 Å². The minimum absolute atomic E-state index is 0.0985. The fraction of sp³-hybridized carbons (Fsp3) is 0.857. The first-order valence-corrected chi connectivity index (χ1v) is 10.3. The van der Waals surface area contributed by atoms with E-state index in [9.17, 15) is 9.90 Å². The van der Waals surface area contributed by atoms with E-state index in [0.29, 0.717) is 12.5 Å². The summed E-state index contributed by atoms with van der Waals surface area (Å²) in [6.45, 7) is 10.9. The number of carbonyl (C=O) groups is 1. The molecule has 146 valence electrons. The van der Waals surface area contributed by atoms with Crippen LogP contribution in [0.1, 0.15) is 47.0 Å². The van der Waals surface area contributed by atoms with E-state index in [4.69, 9.17) is 9.47 Å². The molecule has 5 nitrogen and oxygen atoms in total. The molecule has 3 fully saturated rings. The molecule has 0 bridgehead atoms. The Morgan fingerprint density at radius 2 is 1.96 bits per heavy atom. The predicted octanol–water partition coefficient (Wildman–Crippen LogP) is 2.38. The highest BCUT2D eigenvalue weighted by Crippen LogP contribution is 2.56. The molecule has 2 aliphatic heterocycles. The predicted molar refractivity (Wildman–Crippen MR) is 98.5 cm³/mol. The van der Waals surface area contributed by atoms with E-state index >= 15 is 0 Å². The quantitative estimate of drug-likeness (QED) is 0.603. The maximum atomic E-state index is 12.7. The fourth-order valence-corrected chi connectivity index (χ4v) is 5.99. The maximum Gasteiger partial charge on any atom is 0.311 e. The summed E-state index contributed by atoms with van der Waals surface area (Å²) in [5, 5.41) is 11.4. The van der Waals surface area contributed by atoms with Crippen molar-refractivity contribution in [3.8, 4) is 0 Å². The minimum Gasteiger partial charge on any atom is -0.461 e. The number of morpholine rings is 1. The number of hydrogen-bond acceptors (Lipinski definition) is 5. The first-order chi connectivity index (χ1) is 12.3. The monoisotopic (exact) mass is 363 g/mol. The molecule has 0 spiro atoms. The largest absolute Gasteiger partial charge is 0.461 e. The van der Waals surface area contributed by atoms with E-state index in [2.05, 4.69) is 38.7 Å². The molecule has 5 heteroatoms. The summed E-state index contributed by atoms with van der Waals surface area (Å²) in [4.78, 5) is 15.0. The molecule has 0 unspecified atom stereocenters. The summed E-state index contributed by atoms with van der Waals surface area (Å²) >= 11 is 0. The second kappa shape index (κ2) is 6.61. The molecule has 1 saturated carbocycles. The lowest BCUT2D eigenvalue weighted by molar-refractivity contribution is -0.145. The van der Waals surface area contributed by atoms with Crippen LogP contribution in [0.15, 0.2) is 11.6 Å². The molecule has 4 aliphatic rings. The fourth-order valence-electron chi connectivity index (χ4n) is 5.99. The second-order valence-corrected chi connectivity index (χ2v) is 9.27. The van der Waals surface area contributed by atoms with E-state index in [0.717, 1.165) is 32.4 Å². The highest BCUT2D eigenvalue weighted by atomic mass is 16.6. The highest BCUT2D eigenvalue weighted by Gasteiger charge is 2.59. The van der Waals surface area contributed by atoms with Crippen molar-refractivity contribution in [2.75, 3.05) is 19.6 Å². The molecule has 2 aliphatic carbocycles. The van der Waals surface area contributed by atoms with E-state index in [1.807, 2.05) is 0 Å². The van der Waals surface area contributed by atoms with E-state index in [-0.39, 0.29) is 41.5 Å². The third-order valence-corrected chi connectivity index (χ3v) is 7.52. The van der Waals surface area contributed by atoms with E-state index < -0.39 is 6.10 Å². The Balaban J connectivity index is 1.57. The average molecular weight is 363 g/mol. The number of hydrogen-bond donors (Lipinski definition) is 1. The van der Waals surface area contributed by atoms with Gasteiger partial charge in [-0.05, 0) is 32.6 Å². The molecule has 0 amide bonds. The van der Waals surface area contributed by atoms with Gasteiger partial charge in [-0.15, -0.1) is 0 Å². The summed E-state index contributed by atoms with van der Waals surface area (Å²) < 4.78 is 11.6. The van der Waals surface area contributed by atoms with Gasteiger partial charge < -0.3 is 14.6 Å². The van der Waals surface area contributed by atoms with E-state index in [1.165, 1.54) is 5.57 Å². The van der Waals surface area contributed by atoms with Crippen LogP contribution in [-0.2, 0) is 14.3 Å². The molecule has 4 rings (SSSR count). The maximum absolute atomic E-state index is 12.7. The van der Waals surface area contributed by atoms with Gasteiger partial charge in [-0.25, -0.2) is 0 Å². The lowest BCUT2D eigenvalue weighted by atomic mass is 9.55. The summed E-state index contributed by atoms with van der Waals surface area (Å²) in [7, 11) is 0. The second-order valence-electron chi connectivity index (χ2n) is 9.27. The number of rotatable bonds is 2. The van der Waals surface area contributed by atoms with Crippen molar-refractivity contribution in [2.24, 2.45) is 23.2 Å². The normalized spacial score (nSPS) is 49.2. The number of fused-ring (bicyclic) bond motifs is 2. The minimum atomic E-state index is -0.518. The molecule has 0 radical (unpaired) electrons. The number of aliphatic hydroxyl groups is 1. The SMILES string of the molecule is C[C@@H]1CN(C[C@H]2C(=O)O[C@@H]3CC4=CCC[C@@H](C)[C@@]4(C)[C@H](O)[C@@H]32)C[C@H](C)O1. The molecule has 1 N–H and O–H groups in total. The molecule has 26 heavy (non-hydrogen) atoms. The molecule has 2 saturated heterocycles. The molecule has 2 heterocycles. The molecule has 8 atom stereocenters. The average Bonchev–Trinajstić information content (AvgIpc) is 2.85. The zero-order valence-corrected chi connectivity index (χ0v) is 16.5. The highest BCUT2D eigenvalue weighted by molar-refractivity contribution is 5.76. The van der Waals surface area contributed by atoms with Gasteiger partial charge in [0, 0.05) is 37.4 Å². The van der Waals surface area contributed by atoms with Crippen LogP contribution in [-0.4, -0.2) is 60.0 Å². The first-order valence-electron chi connectivity index (χ1n) is 10.3. The van der Waals surface area contributed by atoms with Crippen LogP contribution < -0.4 is 0 Å². The third-order valence-electron chi connectivity index (χ3n) is 7.52. The van der Waals surface area contributed by atoms with Gasteiger partial charge in [0.2, 0.25) is 0 Å². The molecule has 0 aromatic rings. The lowest BCUT2D eigenvalue weighted by Gasteiger charge is -2.52.